The molecule has 0 saturated carbocycles. The lowest BCUT2D eigenvalue weighted by atomic mass is 9.98. The number of hydrogen-bond donors (Lipinski definition) is 3. The van der Waals surface area contributed by atoms with E-state index in [1.54, 1.807) is 6.92 Å². The summed E-state index contributed by atoms with van der Waals surface area (Å²) in [6, 6.07) is 2.80. The minimum Gasteiger partial charge on any atom is -0.507 e. The van der Waals surface area contributed by atoms with Gasteiger partial charge in [0.25, 0.3) is 0 Å². The maximum atomic E-state index is 10.1. The summed E-state index contributed by atoms with van der Waals surface area (Å²) < 4.78 is -4.12. The topological polar surface area (TPSA) is 60.7 Å². The van der Waals surface area contributed by atoms with Gasteiger partial charge in [-0.05, 0) is 19.1 Å². The normalized spacial score (nSPS) is 16.1. The van der Waals surface area contributed by atoms with Crippen molar-refractivity contribution in [1.29, 1.82) is 0 Å². The zero-order valence-corrected chi connectivity index (χ0v) is 14.5. The molecule has 2 atom stereocenters. The molecule has 0 radical (unpaired) electrons. The van der Waals surface area contributed by atoms with Crippen molar-refractivity contribution in [3.05, 3.63) is 28.8 Å². The van der Waals surface area contributed by atoms with E-state index in [2.05, 4.69) is 0 Å². The molecule has 1 rings (SSSR count). The highest BCUT2D eigenvalue weighted by molar-refractivity contribution is 6.68. The van der Waals surface area contributed by atoms with Gasteiger partial charge >= 0.3 is 0 Å². The van der Waals surface area contributed by atoms with Gasteiger partial charge in [0, 0.05) is 11.1 Å². The van der Waals surface area contributed by atoms with Crippen LogP contribution in [0.1, 0.15) is 28.9 Å². The zero-order valence-electron chi connectivity index (χ0n) is 9.92. The first-order valence-corrected chi connectivity index (χ1v) is 7.45. The second kappa shape index (κ2) is 6.43. The number of rotatable bonds is 2. The van der Waals surface area contributed by atoms with E-state index in [1.807, 2.05) is 0 Å². The SMILES string of the molecule is Cc1cc(C(O)C(Cl)(Cl)Cl)c(O)c(C(O)C(Cl)(Cl)Cl)c1. The van der Waals surface area contributed by atoms with Gasteiger partial charge in [0.2, 0.25) is 7.59 Å². The summed E-state index contributed by atoms with van der Waals surface area (Å²) >= 11 is 33.6. The van der Waals surface area contributed by atoms with E-state index < -0.39 is 25.5 Å². The fourth-order valence-corrected chi connectivity index (χ4v) is 2.31. The molecule has 20 heavy (non-hydrogen) atoms. The maximum absolute atomic E-state index is 10.1. The van der Waals surface area contributed by atoms with Crippen LogP contribution in [0.2, 0.25) is 0 Å². The molecule has 114 valence electrons. The zero-order chi connectivity index (χ0) is 15.9. The minimum absolute atomic E-state index is 0.0895. The second-order valence-corrected chi connectivity index (χ2v) is 8.92. The molecule has 0 spiro atoms. The Morgan fingerprint density at radius 2 is 1.15 bits per heavy atom. The maximum Gasteiger partial charge on any atom is 0.220 e. The molecule has 0 bridgehead atoms. The van der Waals surface area contributed by atoms with E-state index in [4.69, 9.17) is 69.6 Å². The van der Waals surface area contributed by atoms with E-state index in [0.29, 0.717) is 5.56 Å². The summed E-state index contributed by atoms with van der Waals surface area (Å²) in [4.78, 5) is 0. The predicted molar refractivity (Wildman–Crippen MR) is 83.3 cm³/mol. The number of alkyl halides is 6. The molecular weight excluding hydrogens is 393 g/mol. The standard InChI is InChI=1S/C11H10Cl6O3/c1-4-2-5(8(19)10(12,13)14)7(18)6(3-4)9(20)11(15,16)17/h2-3,8-9,18-20H,1H3. The Kier molecular flexibility index (Phi) is 6.02. The van der Waals surface area contributed by atoms with Crippen LogP contribution in [-0.2, 0) is 0 Å². The molecule has 0 aliphatic carbocycles. The lowest BCUT2D eigenvalue weighted by molar-refractivity contribution is 0.168. The van der Waals surface area contributed by atoms with Gasteiger partial charge in [0.1, 0.15) is 18.0 Å². The van der Waals surface area contributed by atoms with Gasteiger partial charge in [-0.1, -0.05) is 75.2 Å². The molecule has 0 amide bonds. The van der Waals surface area contributed by atoms with E-state index in [0.717, 1.165) is 0 Å². The van der Waals surface area contributed by atoms with Gasteiger partial charge in [-0.15, -0.1) is 0 Å². The van der Waals surface area contributed by atoms with Gasteiger partial charge in [0.05, 0.1) is 0 Å². The summed E-state index contributed by atoms with van der Waals surface area (Å²) in [7, 11) is 0. The monoisotopic (exact) mass is 400 g/mol. The summed E-state index contributed by atoms with van der Waals surface area (Å²) in [6.45, 7) is 1.64. The molecule has 2 unspecified atom stereocenters. The number of benzene rings is 1. The van der Waals surface area contributed by atoms with E-state index >= 15 is 0 Å². The van der Waals surface area contributed by atoms with Crippen LogP contribution < -0.4 is 0 Å². The predicted octanol–water partition coefficient (Wildman–Crippen LogP) is 4.51. The Balaban J connectivity index is 3.41. The van der Waals surface area contributed by atoms with Crippen LogP contribution in [0.5, 0.6) is 5.75 Å². The highest BCUT2D eigenvalue weighted by atomic mass is 35.6. The number of halogens is 6. The molecule has 9 heteroatoms. The third-order valence-corrected chi connectivity index (χ3v) is 3.76. The van der Waals surface area contributed by atoms with Gasteiger partial charge in [-0.25, -0.2) is 0 Å². The number of aliphatic hydroxyl groups is 2. The Bertz CT molecular complexity index is 453. The molecule has 0 saturated heterocycles. The lowest BCUT2D eigenvalue weighted by Crippen LogP contribution is -2.20. The number of phenolic OH excluding ortho intramolecular Hbond substituents is 1. The Morgan fingerprint density at radius 1 is 0.850 bits per heavy atom. The van der Waals surface area contributed by atoms with E-state index in [9.17, 15) is 15.3 Å². The van der Waals surface area contributed by atoms with Crippen molar-refractivity contribution >= 4 is 69.6 Å². The number of aromatic hydroxyl groups is 1. The highest BCUT2D eigenvalue weighted by Crippen LogP contribution is 2.48. The average Bonchev–Trinajstić information content (AvgIpc) is 2.27. The van der Waals surface area contributed by atoms with Crippen LogP contribution in [0.15, 0.2) is 12.1 Å². The third kappa shape index (κ3) is 4.34. The largest absolute Gasteiger partial charge is 0.507 e. The molecule has 1 aromatic rings. The van der Waals surface area contributed by atoms with Crippen LogP contribution >= 0.6 is 69.6 Å². The molecule has 3 N–H and O–H groups in total. The lowest BCUT2D eigenvalue weighted by Gasteiger charge is -2.25. The van der Waals surface area contributed by atoms with Crippen LogP contribution in [0.3, 0.4) is 0 Å². The van der Waals surface area contributed by atoms with Crippen molar-refractivity contribution in [2.45, 2.75) is 26.7 Å². The molecule has 0 fully saturated rings. The van der Waals surface area contributed by atoms with E-state index in [-0.39, 0.29) is 11.1 Å². The smallest absolute Gasteiger partial charge is 0.220 e. The van der Waals surface area contributed by atoms with Crippen LogP contribution in [0, 0.1) is 6.92 Å². The molecule has 0 aromatic heterocycles. The van der Waals surface area contributed by atoms with Crippen LogP contribution in [0.4, 0.5) is 0 Å². The first-order valence-electron chi connectivity index (χ1n) is 5.18. The molecule has 0 aliphatic heterocycles. The summed E-state index contributed by atoms with van der Waals surface area (Å²) in [6.07, 6.45) is -3.23. The Morgan fingerprint density at radius 3 is 1.40 bits per heavy atom. The Hall–Kier alpha value is 0.680. The van der Waals surface area contributed by atoms with Crippen molar-refractivity contribution in [2.24, 2.45) is 0 Å². The first kappa shape index (κ1) is 18.7. The third-order valence-electron chi connectivity index (χ3n) is 2.52. The highest BCUT2D eigenvalue weighted by Gasteiger charge is 2.38. The van der Waals surface area contributed by atoms with E-state index in [1.165, 1.54) is 12.1 Å². The van der Waals surface area contributed by atoms with Gasteiger partial charge in [-0.2, -0.15) is 0 Å². The number of phenols is 1. The minimum atomic E-state index is -2.06. The Labute approximate surface area is 145 Å². The number of hydrogen-bond acceptors (Lipinski definition) is 3. The van der Waals surface area contributed by atoms with Crippen molar-refractivity contribution < 1.29 is 15.3 Å². The van der Waals surface area contributed by atoms with Crippen molar-refractivity contribution in [3.8, 4) is 5.75 Å². The van der Waals surface area contributed by atoms with Crippen LogP contribution in [-0.4, -0.2) is 22.9 Å². The van der Waals surface area contributed by atoms with Gasteiger partial charge < -0.3 is 15.3 Å². The quantitative estimate of drug-likeness (QED) is 0.638. The molecule has 0 heterocycles. The second-order valence-electron chi connectivity index (χ2n) is 4.18. The average molecular weight is 403 g/mol. The first-order chi connectivity index (χ1) is 8.85. The molecule has 1 aromatic carbocycles. The number of aryl methyl sites for hydroxylation is 1. The fraction of sp³-hybridized carbons (Fsp3) is 0.455. The van der Waals surface area contributed by atoms with Crippen molar-refractivity contribution in [3.63, 3.8) is 0 Å². The summed E-state index contributed by atoms with van der Waals surface area (Å²) in [5, 5.41) is 30.0. The van der Waals surface area contributed by atoms with Crippen molar-refractivity contribution in [2.75, 3.05) is 0 Å². The molecule has 3 nitrogen and oxygen atoms in total. The molecular formula is C11H10Cl6O3. The number of aliphatic hydroxyl groups excluding tert-OH is 2. The van der Waals surface area contributed by atoms with Crippen molar-refractivity contribution in [1.82, 2.24) is 0 Å². The van der Waals surface area contributed by atoms with Gasteiger partial charge in [-0.3, -0.25) is 0 Å². The summed E-state index contributed by atoms with van der Waals surface area (Å²) in [5.41, 5.74) is 0.385. The summed E-state index contributed by atoms with van der Waals surface area (Å²) in [5.74, 6) is -0.506. The molecule has 0 aliphatic rings. The fourth-order valence-electron chi connectivity index (χ4n) is 1.61. The van der Waals surface area contributed by atoms with Gasteiger partial charge in [0.15, 0.2) is 0 Å². The van der Waals surface area contributed by atoms with Crippen LogP contribution in [0.25, 0.3) is 0 Å².